The quantitative estimate of drug-likeness (QED) is 0.693. The van der Waals surface area contributed by atoms with Gasteiger partial charge in [0.25, 0.3) is 0 Å². The van der Waals surface area contributed by atoms with Gasteiger partial charge in [-0.15, -0.1) is 11.3 Å². The largest absolute Gasteiger partial charge is 0.396 e. The molecule has 10 heavy (non-hydrogen) atoms. The Hall–Kier alpha value is -0.340. The van der Waals surface area contributed by atoms with E-state index >= 15 is 0 Å². The van der Waals surface area contributed by atoms with E-state index in [9.17, 15) is 0 Å². The number of thiophene rings is 1. The first-order valence-electron chi connectivity index (χ1n) is 3.41. The third kappa shape index (κ3) is 1.58. The summed E-state index contributed by atoms with van der Waals surface area (Å²) in [5.41, 5.74) is 1.32. The Bertz CT molecular complexity index is 215. The fraction of sp³-hybridized carbons (Fsp3) is 0.500. The van der Waals surface area contributed by atoms with Crippen LogP contribution in [0.1, 0.15) is 15.3 Å². The van der Waals surface area contributed by atoms with Gasteiger partial charge in [0.1, 0.15) is 0 Å². The molecule has 0 aromatic carbocycles. The molecular formula is C8H12OS. The lowest BCUT2D eigenvalue weighted by molar-refractivity contribution is 0.300. The van der Waals surface area contributed by atoms with Gasteiger partial charge in [-0.3, -0.25) is 0 Å². The molecule has 1 rings (SSSR count). The third-order valence-electron chi connectivity index (χ3n) is 1.48. The normalized spacial score (nSPS) is 10.3. The van der Waals surface area contributed by atoms with Gasteiger partial charge in [0.2, 0.25) is 0 Å². The second kappa shape index (κ2) is 3.17. The SMILES string of the molecule is Cc1cc(C)c(CCO)s1. The van der Waals surface area contributed by atoms with Crippen molar-refractivity contribution in [3.63, 3.8) is 0 Å². The molecular weight excluding hydrogens is 144 g/mol. The standard InChI is InChI=1S/C8H12OS/c1-6-5-7(2)10-8(6)3-4-9/h5,9H,3-4H2,1-2H3. The van der Waals surface area contributed by atoms with E-state index < -0.39 is 0 Å². The van der Waals surface area contributed by atoms with Crippen LogP contribution < -0.4 is 0 Å². The van der Waals surface area contributed by atoms with Crippen molar-refractivity contribution in [2.75, 3.05) is 6.61 Å². The highest BCUT2D eigenvalue weighted by atomic mass is 32.1. The Morgan fingerprint density at radius 1 is 1.50 bits per heavy atom. The van der Waals surface area contributed by atoms with Gasteiger partial charge in [0.15, 0.2) is 0 Å². The zero-order chi connectivity index (χ0) is 7.56. The summed E-state index contributed by atoms with van der Waals surface area (Å²) < 4.78 is 0. The monoisotopic (exact) mass is 156 g/mol. The summed E-state index contributed by atoms with van der Waals surface area (Å²) in [6.07, 6.45) is 0.810. The van der Waals surface area contributed by atoms with Crippen LogP contribution in [-0.4, -0.2) is 11.7 Å². The fourth-order valence-corrected chi connectivity index (χ4v) is 2.08. The molecule has 1 aromatic rings. The van der Waals surface area contributed by atoms with Crippen molar-refractivity contribution in [3.05, 3.63) is 21.4 Å². The summed E-state index contributed by atoms with van der Waals surface area (Å²) in [6.45, 7) is 4.45. The molecule has 0 bridgehead atoms. The van der Waals surface area contributed by atoms with Crippen molar-refractivity contribution >= 4 is 11.3 Å². The maximum absolute atomic E-state index is 8.66. The maximum atomic E-state index is 8.66. The van der Waals surface area contributed by atoms with Crippen LogP contribution in [0.15, 0.2) is 6.07 Å². The molecule has 0 amide bonds. The Morgan fingerprint density at radius 3 is 2.60 bits per heavy atom. The number of aliphatic hydroxyl groups is 1. The molecule has 0 spiro atoms. The van der Waals surface area contributed by atoms with Crippen LogP contribution in [0, 0.1) is 13.8 Å². The Balaban J connectivity index is 2.81. The van der Waals surface area contributed by atoms with Crippen LogP contribution in [0.25, 0.3) is 0 Å². The molecule has 0 atom stereocenters. The minimum atomic E-state index is 0.265. The van der Waals surface area contributed by atoms with Crippen LogP contribution in [0.5, 0.6) is 0 Å². The molecule has 0 radical (unpaired) electrons. The predicted octanol–water partition coefficient (Wildman–Crippen LogP) is 1.90. The van der Waals surface area contributed by atoms with E-state index in [0.29, 0.717) is 0 Å². The van der Waals surface area contributed by atoms with E-state index in [4.69, 9.17) is 5.11 Å². The molecule has 1 heterocycles. The molecule has 0 aliphatic heterocycles. The Morgan fingerprint density at radius 2 is 2.20 bits per heavy atom. The van der Waals surface area contributed by atoms with Crippen molar-refractivity contribution in [1.29, 1.82) is 0 Å². The average Bonchev–Trinajstić information content (AvgIpc) is 2.13. The lowest BCUT2D eigenvalue weighted by Gasteiger charge is -1.92. The highest BCUT2D eigenvalue weighted by Crippen LogP contribution is 2.20. The molecule has 0 saturated heterocycles. The van der Waals surface area contributed by atoms with Gasteiger partial charge in [-0.05, 0) is 25.5 Å². The number of aryl methyl sites for hydroxylation is 2. The van der Waals surface area contributed by atoms with Gasteiger partial charge in [-0.1, -0.05) is 0 Å². The van der Waals surface area contributed by atoms with E-state index in [2.05, 4.69) is 19.9 Å². The van der Waals surface area contributed by atoms with Crippen molar-refractivity contribution in [3.8, 4) is 0 Å². The van der Waals surface area contributed by atoms with E-state index in [1.807, 2.05) is 0 Å². The second-order valence-corrected chi connectivity index (χ2v) is 3.78. The Labute approximate surface area is 65.3 Å². The van der Waals surface area contributed by atoms with Crippen molar-refractivity contribution < 1.29 is 5.11 Å². The first-order chi connectivity index (χ1) is 4.74. The fourth-order valence-electron chi connectivity index (χ4n) is 1.04. The molecule has 2 heteroatoms. The Kier molecular flexibility index (Phi) is 2.46. The number of hydrogen-bond donors (Lipinski definition) is 1. The van der Waals surface area contributed by atoms with E-state index in [0.717, 1.165) is 6.42 Å². The molecule has 0 aliphatic rings. The first-order valence-corrected chi connectivity index (χ1v) is 4.22. The number of rotatable bonds is 2. The summed E-state index contributed by atoms with van der Waals surface area (Å²) >= 11 is 1.78. The highest BCUT2D eigenvalue weighted by molar-refractivity contribution is 7.12. The van der Waals surface area contributed by atoms with Gasteiger partial charge in [0, 0.05) is 22.8 Å². The molecule has 1 aromatic heterocycles. The summed E-state index contributed by atoms with van der Waals surface area (Å²) in [7, 11) is 0. The molecule has 0 saturated carbocycles. The minimum Gasteiger partial charge on any atom is -0.396 e. The minimum absolute atomic E-state index is 0.265. The summed E-state index contributed by atoms with van der Waals surface area (Å²) in [6, 6.07) is 2.16. The van der Waals surface area contributed by atoms with Gasteiger partial charge in [-0.25, -0.2) is 0 Å². The molecule has 1 nitrogen and oxygen atoms in total. The topological polar surface area (TPSA) is 20.2 Å². The number of aliphatic hydroxyl groups excluding tert-OH is 1. The lowest BCUT2D eigenvalue weighted by Crippen LogP contribution is -1.87. The zero-order valence-corrected chi connectivity index (χ0v) is 7.16. The summed E-state index contributed by atoms with van der Waals surface area (Å²) in [5, 5.41) is 8.66. The van der Waals surface area contributed by atoms with Crippen LogP contribution in [0.3, 0.4) is 0 Å². The smallest absolute Gasteiger partial charge is 0.0479 e. The second-order valence-electron chi connectivity index (χ2n) is 2.44. The van der Waals surface area contributed by atoms with Crippen LogP contribution in [0.4, 0.5) is 0 Å². The van der Waals surface area contributed by atoms with E-state index in [1.165, 1.54) is 15.3 Å². The predicted molar refractivity (Wildman–Crippen MR) is 44.6 cm³/mol. The van der Waals surface area contributed by atoms with Crippen LogP contribution in [0.2, 0.25) is 0 Å². The molecule has 56 valence electrons. The van der Waals surface area contributed by atoms with Gasteiger partial charge < -0.3 is 5.11 Å². The molecule has 0 aliphatic carbocycles. The van der Waals surface area contributed by atoms with Gasteiger partial charge >= 0.3 is 0 Å². The zero-order valence-electron chi connectivity index (χ0n) is 6.35. The summed E-state index contributed by atoms with van der Waals surface area (Å²) in [4.78, 5) is 2.65. The maximum Gasteiger partial charge on any atom is 0.0479 e. The molecule has 0 fully saturated rings. The summed E-state index contributed by atoms with van der Waals surface area (Å²) in [5.74, 6) is 0. The molecule has 0 unspecified atom stereocenters. The third-order valence-corrected chi connectivity index (χ3v) is 2.69. The molecule has 1 N–H and O–H groups in total. The van der Waals surface area contributed by atoms with Crippen molar-refractivity contribution in [2.45, 2.75) is 20.3 Å². The van der Waals surface area contributed by atoms with E-state index in [-0.39, 0.29) is 6.61 Å². The van der Waals surface area contributed by atoms with Crippen molar-refractivity contribution in [2.24, 2.45) is 0 Å². The van der Waals surface area contributed by atoms with Crippen LogP contribution in [-0.2, 0) is 6.42 Å². The van der Waals surface area contributed by atoms with Gasteiger partial charge in [-0.2, -0.15) is 0 Å². The average molecular weight is 156 g/mol. The lowest BCUT2D eigenvalue weighted by atomic mass is 10.2. The first kappa shape index (κ1) is 7.76. The van der Waals surface area contributed by atoms with E-state index in [1.54, 1.807) is 11.3 Å². The number of hydrogen-bond acceptors (Lipinski definition) is 2. The highest BCUT2D eigenvalue weighted by Gasteiger charge is 2.00. The van der Waals surface area contributed by atoms with Crippen molar-refractivity contribution in [1.82, 2.24) is 0 Å². The van der Waals surface area contributed by atoms with Crippen LogP contribution >= 0.6 is 11.3 Å². The van der Waals surface area contributed by atoms with Gasteiger partial charge in [0.05, 0.1) is 0 Å².